The molecule has 3 aromatic carbocycles. The highest BCUT2D eigenvalue weighted by Gasteiger charge is 2.50. The average molecular weight is 620 g/mol. The van der Waals surface area contributed by atoms with Crippen molar-refractivity contribution in [3.05, 3.63) is 118 Å². The molecule has 12 heteroatoms. The van der Waals surface area contributed by atoms with Gasteiger partial charge in [0.05, 0.1) is 26.4 Å². The van der Waals surface area contributed by atoms with Gasteiger partial charge in [0.25, 0.3) is 3.79 Å². The first-order valence-electron chi connectivity index (χ1n) is 12.8. The monoisotopic (exact) mass is 618 g/mol. The summed E-state index contributed by atoms with van der Waals surface area (Å²) in [5.74, 6) is -0.694. The minimum absolute atomic E-state index is 0.0729. The second-order valence-corrected chi connectivity index (χ2v) is 11.5. The summed E-state index contributed by atoms with van der Waals surface area (Å²) in [5.41, 5.74) is 12.2. The van der Waals surface area contributed by atoms with Crippen LogP contribution in [0.1, 0.15) is 16.7 Å². The van der Waals surface area contributed by atoms with E-state index in [0.717, 1.165) is 16.7 Å². The highest BCUT2D eigenvalue weighted by Crippen LogP contribution is 2.34. The van der Waals surface area contributed by atoms with Crippen LogP contribution in [0.2, 0.25) is 0 Å². The van der Waals surface area contributed by atoms with Crippen molar-refractivity contribution in [3.63, 3.8) is 0 Å². The molecule has 0 bridgehead atoms. The van der Waals surface area contributed by atoms with E-state index < -0.39 is 40.3 Å². The molecule has 5 atom stereocenters. The summed E-state index contributed by atoms with van der Waals surface area (Å²) in [7, 11) is 0. The Balaban J connectivity index is 1.63. The standard InChI is InChI=1S/C29H29Cl3N4O5/c30-29(31,32)28(33)41-27-24(35-36-34)26(39-18-22-14-8-3-9-15-22)25(38-17-21-12-6-2-7-13-21)23(40-27)19-37-16-20-10-4-1-5-11-20/h1-15,23-27,33H,16-19H2/t23-,24-,25-,26-,27+/m1/s1. The van der Waals surface area contributed by atoms with Crippen LogP contribution in [-0.2, 0) is 43.5 Å². The summed E-state index contributed by atoms with van der Waals surface area (Å²) >= 11 is 17.6. The highest BCUT2D eigenvalue weighted by atomic mass is 35.6. The van der Waals surface area contributed by atoms with Crippen LogP contribution in [0, 0.1) is 5.41 Å². The van der Waals surface area contributed by atoms with Gasteiger partial charge in [-0.3, -0.25) is 5.41 Å². The second kappa shape index (κ2) is 15.4. The number of hydrogen-bond acceptors (Lipinski definition) is 7. The van der Waals surface area contributed by atoms with Crippen molar-refractivity contribution in [2.75, 3.05) is 6.61 Å². The van der Waals surface area contributed by atoms with E-state index >= 15 is 0 Å². The van der Waals surface area contributed by atoms with Gasteiger partial charge in [-0.05, 0) is 22.2 Å². The van der Waals surface area contributed by atoms with Crippen LogP contribution in [-0.4, -0.2) is 46.9 Å². The van der Waals surface area contributed by atoms with Crippen LogP contribution in [0.3, 0.4) is 0 Å². The van der Waals surface area contributed by atoms with E-state index in [1.54, 1.807) is 0 Å². The Kier molecular flexibility index (Phi) is 11.7. The normalized spacial score (nSPS) is 22.5. The third-order valence-electron chi connectivity index (χ3n) is 6.26. The SMILES string of the molecule is [N-]=[N+]=N[C@H]1[C@H](OC(=N)C(Cl)(Cl)Cl)O[C@H](COCc2ccccc2)[C@@H](OCc2ccccc2)[C@@H]1OCc1ccccc1. The maximum atomic E-state index is 9.46. The summed E-state index contributed by atoms with van der Waals surface area (Å²) in [6.07, 6.45) is -3.72. The van der Waals surface area contributed by atoms with Gasteiger partial charge >= 0.3 is 0 Å². The molecule has 1 heterocycles. The van der Waals surface area contributed by atoms with Gasteiger partial charge in [0, 0.05) is 4.91 Å². The van der Waals surface area contributed by atoms with Crippen molar-refractivity contribution in [2.24, 2.45) is 5.11 Å². The molecule has 1 N–H and O–H groups in total. The lowest BCUT2D eigenvalue weighted by Crippen LogP contribution is -2.61. The third-order valence-corrected chi connectivity index (χ3v) is 6.77. The van der Waals surface area contributed by atoms with E-state index in [1.165, 1.54) is 0 Å². The maximum Gasteiger partial charge on any atom is 0.265 e. The average Bonchev–Trinajstić information content (AvgIpc) is 2.98. The molecule has 4 rings (SSSR count). The first-order valence-corrected chi connectivity index (χ1v) is 13.9. The van der Waals surface area contributed by atoms with E-state index in [-0.39, 0.29) is 19.8 Å². The Morgan fingerprint density at radius 3 is 1.78 bits per heavy atom. The molecule has 0 aliphatic carbocycles. The second-order valence-electron chi connectivity index (χ2n) is 9.21. The van der Waals surface area contributed by atoms with Crippen molar-refractivity contribution in [1.82, 2.24) is 0 Å². The lowest BCUT2D eigenvalue weighted by Gasteiger charge is -2.44. The number of benzene rings is 3. The zero-order valence-corrected chi connectivity index (χ0v) is 24.2. The number of hydrogen-bond donors (Lipinski definition) is 1. The van der Waals surface area contributed by atoms with Crippen LogP contribution in [0.25, 0.3) is 10.4 Å². The van der Waals surface area contributed by atoms with Gasteiger partial charge in [-0.1, -0.05) is 131 Å². The quantitative estimate of drug-likeness (QED) is 0.0577. The number of halogens is 3. The van der Waals surface area contributed by atoms with E-state index in [0.29, 0.717) is 6.61 Å². The maximum absolute atomic E-state index is 9.46. The molecule has 0 unspecified atom stereocenters. The van der Waals surface area contributed by atoms with Crippen molar-refractivity contribution >= 4 is 40.7 Å². The van der Waals surface area contributed by atoms with Crippen molar-refractivity contribution in [2.45, 2.75) is 54.3 Å². The molecule has 9 nitrogen and oxygen atoms in total. The molecule has 3 aromatic rings. The fourth-order valence-corrected chi connectivity index (χ4v) is 4.42. The zero-order chi connectivity index (χ0) is 29.1. The minimum atomic E-state index is -2.16. The fourth-order valence-electron chi connectivity index (χ4n) is 4.28. The van der Waals surface area contributed by atoms with Gasteiger partial charge in [-0.15, -0.1) is 0 Å². The number of azide groups is 1. The lowest BCUT2D eigenvalue weighted by atomic mass is 9.96. The molecule has 0 saturated carbocycles. The molecule has 0 radical (unpaired) electrons. The zero-order valence-electron chi connectivity index (χ0n) is 21.9. The molecule has 0 spiro atoms. The van der Waals surface area contributed by atoms with Crippen LogP contribution >= 0.6 is 34.8 Å². The van der Waals surface area contributed by atoms with Gasteiger partial charge in [0.2, 0.25) is 12.2 Å². The van der Waals surface area contributed by atoms with E-state index in [4.69, 9.17) is 63.9 Å². The number of nitrogens with zero attached hydrogens (tertiary/aromatic N) is 3. The van der Waals surface area contributed by atoms with Crippen LogP contribution < -0.4 is 0 Å². The van der Waals surface area contributed by atoms with Crippen LogP contribution in [0.4, 0.5) is 0 Å². The van der Waals surface area contributed by atoms with E-state index in [2.05, 4.69) is 10.0 Å². The summed E-state index contributed by atoms with van der Waals surface area (Å²) < 4.78 is 28.4. The Labute approximate surface area is 253 Å². The molecule has 1 fully saturated rings. The minimum Gasteiger partial charge on any atom is -0.448 e. The molecule has 1 saturated heterocycles. The molecular formula is C29H29Cl3N4O5. The van der Waals surface area contributed by atoms with Crippen molar-refractivity contribution in [1.29, 1.82) is 5.41 Å². The Bertz CT molecular complexity index is 1280. The number of nitrogens with one attached hydrogen (secondary N) is 1. The molecular weight excluding hydrogens is 591 g/mol. The van der Waals surface area contributed by atoms with Crippen LogP contribution in [0.5, 0.6) is 0 Å². The summed E-state index contributed by atoms with van der Waals surface area (Å²) in [6, 6.07) is 27.7. The van der Waals surface area contributed by atoms with E-state index in [9.17, 15) is 5.53 Å². The third kappa shape index (κ3) is 9.33. The summed E-state index contributed by atoms with van der Waals surface area (Å²) in [5, 5.41) is 12.0. The number of rotatable bonds is 12. The molecule has 1 aliphatic rings. The topological polar surface area (TPSA) is 119 Å². The predicted octanol–water partition coefficient (Wildman–Crippen LogP) is 7.14. The first-order chi connectivity index (χ1) is 19.8. The molecule has 0 aromatic heterocycles. The predicted molar refractivity (Wildman–Crippen MR) is 157 cm³/mol. The van der Waals surface area contributed by atoms with Gasteiger partial charge in [0.1, 0.15) is 24.4 Å². The van der Waals surface area contributed by atoms with Gasteiger partial charge in [-0.2, -0.15) is 0 Å². The highest BCUT2D eigenvalue weighted by molar-refractivity contribution is 6.76. The molecule has 0 amide bonds. The summed E-state index contributed by atoms with van der Waals surface area (Å²) in [4.78, 5) is 2.99. The lowest BCUT2D eigenvalue weighted by molar-refractivity contribution is -0.269. The van der Waals surface area contributed by atoms with Gasteiger partial charge in [-0.25, -0.2) is 0 Å². The Morgan fingerprint density at radius 1 is 0.805 bits per heavy atom. The van der Waals surface area contributed by atoms with Gasteiger partial charge < -0.3 is 23.7 Å². The number of ether oxygens (including phenoxy) is 5. The van der Waals surface area contributed by atoms with Gasteiger partial charge in [0.15, 0.2) is 0 Å². The molecule has 1 aliphatic heterocycles. The molecule has 41 heavy (non-hydrogen) atoms. The largest absolute Gasteiger partial charge is 0.448 e. The first kappa shape index (κ1) is 31.1. The van der Waals surface area contributed by atoms with Crippen LogP contribution in [0.15, 0.2) is 96.1 Å². The molecule has 216 valence electrons. The Hall–Kier alpha value is -2.85. The van der Waals surface area contributed by atoms with Crippen molar-refractivity contribution < 1.29 is 23.7 Å². The fraction of sp³-hybridized carbons (Fsp3) is 0.345. The van der Waals surface area contributed by atoms with Crippen molar-refractivity contribution in [3.8, 4) is 0 Å². The summed E-state index contributed by atoms with van der Waals surface area (Å²) in [6.45, 7) is 0.800. The smallest absolute Gasteiger partial charge is 0.265 e. The number of alkyl halides is 3. The Morgan fingerprint density at radius 2 is 1.29 bits per heavy atom. The van der Waals surface area contributed by atoms with E-state index in [1.807, 2.05) is 91.0 Å².